The van der Waals surface area contributed by atoms with Crippen LogP contribution < -0.4 is 0 Å². The van der Waals surface area contributed by atoms with Gasteiger partial charge in [0.05, 0.1) is 6.42 Å². The van der Waals surface area contributed by atoms with Gasteiger partial charge in [-0.1, -0.05) is 35.5 Å². The van der Waals surface area contributed by atoms with Crippen LogP contribution in [0.2, 0.25) is 5.02 Å². The van der Waals surface area contributed by atoms with E-state index >= 15 is 0 Å². The minimum absolute atomic E-state index is 0.155. The second-order valence-corrected chi connectivity index (χ2v) is 5.37. The Labute approximate surface area is 119 Å². The maximum atomic E-state index is 13.1. The summed E-state index contributed by atoms with van der Waals surface area (Å²) in [6, 6.07) is 11.3. The van der Waals surface area contributed by atoms with E-state index in [1.165, 1.54) is 23.9 Å². The second kappa shape index (κ2) is 6.08. The third-order valence-corrected chi connectivity index (χ3v) is 3.87. The lowest BCUT2D eigenvalue weighted by Crippen LogP contribution is -2.02. The summed E-state index contributed by atoms with van der Waals surface area (Å²) in [5.74, 6) is -1.28. The van der Waals surface area contributed by atoms with E-state index in [2.05, 4.69) is 0 Å². The Kier molecular flexibility index (Phi) is 4.45. The van der Waals surface area contributed by atoms with Crippen molar-refractivity contribution in [1.29, 1.82) is 0 Å². The number of halogens is 2. The van der Waals surface area contributed by atoms with Crippen molar-refractivity contribution in [3.63, 3.8) is 0 Å². The van der Waals surface area contributed by atoms with Gasteiger partial charge in [-0.25, -0.2) is 4.39 Å². The number of aliphatic carboxylic acids is 1. The second-order valence-electron chi connectivity index (χ2n) is 3.85. The van der Waals surface area contributed by atoms with Gasteiger partial charge >= 0.3 is 5.97 Å². The van der Waals surface area contributed by atoms with Crippen molar-refractivity contribution in [2.45, 2.75) is 16.2 Å². The Morgan fingerprint density at radius 3 is 2.68 bits per heavy atom. The number of benzene rings is 2. The van der Waals surface area contributed by atoms with Crippen molar-refractivity contribution in [1.82, 2.24) is 0 Å². The molecule has 0 atom stereocenters. The van der Waals surface area contributed by atoms with Gasteiger partial charge < -0.3 is 5.11 Å². The third-order valence-electron chi connectivity index (χ3n) is 2.43. The van der Waals surface area contributed by atoms with E-state index in [0.717, 1.165) is 4.90 Å². The van der Waals surface area contributed by atoms with Gasteiger partial charge in [-0.15, -0.1) is 0 Å². The smallest absolute Gasteiger partial charge is 0.307 e. The van der Waals surface area contributed by atoms with Crippen LogP contribution >= 0.6 is 23.4 Å². The first-order valence-electron chi connectivity index (χ1n) is 5.49. The number of hydrogen-bond acceptors (Lipinski definition) is 2. The van der Waals surface area contributed by atoms with E-state index < -0.39 is 5.97 Å². The number of rotatable bonds is 4. The predicted molar refractivity (Wildman–Crippen MR) is 73.3 cm³/mol. The fourth-order valence-corrected chi connectivity index (χ4v) is 2.94. The molecular weight excluding hydrogens is 287 g/mol. The zero-order valence-electron chi connectivity index (χ0n) is 9.77. The van der Waals surface area contributed by atoms with Gasteiger partial charge in [0.2, 0.25) is 0 Å². The van der Waals surface area contributed by atoms with Crippen LogP contribution in [0.4, 0.5) is 4.39 Å². The summed E-state index contributed by atoms with van der Waals surface area (Å²) in [6.45, 7) is 0. The molecule has 19 heavy (non-hydrogen) atoms. The summed E-state index contributed by atoms with van der Waals surface area (Å²) in [5.41, 5.74) is 0.547. The van der Waals surface area contributed by atoms with Crippen LogP contribution in [0.25, 0.3) is 0 Å². The molecule has 0 spiro atoms. The average Bonchev–Trinajstić information content (AvgIpc) is 2.33. The topological polar surface area (TPSA) is 37.3 Å². The molecule has 0 radical (unpaired) electrons. The molecule has 2 aromatic carbocycles. The summed E-state index contributed by atoms with van der Waals surface area (Å²) in [7, 11) is 0. The monoisotopic (exact) mass is 296 g/mol. The molecule has 0 aliphatic carbocycles. The Balaban J connectivity index is 2.34. The fourth-order valence-electron chi connectivity index (χ4n) is 1.61. The lowest BCUT2D eigenvalue weighted by atomic mass is 10.1. The van der Waals surface area contributed by atoms with Gasteiger partial charge in [-0.3, -0.25) is 4.79 Å². The van der Waals surface area contributed by atoms with Crippen molar-refractivity contribution in [2.75, 3.05) is 0 Å². The van der Waals surface area contributed by atoms with Gasteiger partial charge in [0, 0.05) is 14.8 Å². The maximum Gasteiger partial charge on any atom is 0.307 e. The molecule has 2 aromatic rings. The van der Waals surface area contributed by atoms with Gasteiger partial charge in [-0.05, 0) is 35.9 Å². The van der Waals surface area contributed by atoms with Gasteiger partial charge in [-0.2, -0.15) is 0 Å². The number of carboxylic acid groups (broad SMARTS) is 1. The number of carbonyl (C=O) groups is 1. The van der Waals surface area contributed by atoms with Crippen molar-refractivity contribution in [3.8, 4) is 0 Å². The Bertz CT molecular complexity index is 616. The fraction of sp³-hybridized carbons (Fsp3) is 0.0714. The maximum absolute atomic E-state index is 13.1. The lowest BCUT2D eigenvalue weighted by Gasteiger charge is -2.09. The third kappa shape index (κ3) is 3.72. The van der Waals surface area contributed by atoms with Crippen LogP contribution in [-0.4, -0.2) is 11.1 Å². The standard InChI is InChI=1S/C14H10ClFO2S/c15-12-5-2-6-13(11(12)8-14(17)18)19-10-4-1-3-9(16)7-10/h1-7H,8H2,(H,17,18). The van der Waals surface area contributed by atoms with E-state index in [0.29, 0.717) is 15.5 Å². The molecule has 0 aromatic heterocycles. The Morgan fingerprint density at radius 1 is 1.26 bits per heavy atom. The van der Waals surface area contributed by atoms with Crippen LogP contribution in [0.1, 0.15) is 5.56 Å². The van der Waals surface area contributed by atoms with E-state index in [1.54, 1.807) is 30.3 Å². The molecule has 0 heterocycles. The van der Waals surface area contributed by atoms with E-state index in [-0.39, 0.29) is 12.2 Å². The first-order chi connectivity index (χ1) is 9.06. The quantitative estimate of drug-likeness (QED) is 0.916. The first kappa shape index (κ1) is 13.9. The normalized spacial score (nSPS) is 10.4. The summed E-state index contributed by atoms with van der Waals surface area (Å²) >= 11 is 7.32. The average molecular weight is 297 g/mol. The Hall–Kier alpha value is -1.52. The highest BCUT2D eigenvalue weighted by Crippen LogP contribution is 2.34. The molecule has 0 aliphatic heterocycles. The molecule has 98 valence electrons. The molecule has 0 unspecified atom stereocenters. The molecule has 2 nitrogen and oxygen atoms in total. The van der Waals surface area contributed by atoms with Crippen molar-refractivity contribution >= 4 is 29.3 Å². The van der Waals surface area contributed by atoms with Crippen LogP contribution in [0.5, 0.6) is 0 Å². The minimum atomic E-state index is -0.950. The van der Waals surface area contributed by atoms with Crippen LogP contribution in [0.15, 0.2) is 52.3 Å². The number of hydrogen-bond donors (Lipinski definition) is 1. The minimum Gasteiger partial charge on any atom is -0.481 e. The molecule has 0 fully saturated rings. The zero-order valence-corrected chi connectivity index (χ0v) is 11.3. The summed E-state index contributed by atoms with van der Waals surface area (Å²) in [5, 5.41) is 9.30. The highest BCUT2D eigenvalue weighted by Gasteiger charge is 2.12. The predicted octanol–water partition coefficient (Wildman–Crippen LogP) is 4.26. The molecule has 2 rings (SSSR count). The molecule has 0 saturated heterocycles. The highest BCUT2D eigenvalue weighted by molar-refractivity contribution is 7.99. The zero-order chi connectivity index (χ0) is 13.8. The van der Waals surface area contributed by atoms with Gasteiger partial charge in [0.15, 0.2) is 0 Å². The molecular formula is C14H10ClFO2S. The lowest BCUT2D eigenvalue weighted by molar-refractivity contribution is -0.136. The van der Waals surface area contributed by atoms with Crippen LogP contribution in [0, 0.1) is 5.82 Å². The largest absolute Gasteiger partial charge is 0.481 e. The van der Waals surface area contributed by atoms with Crippen molar-refractivity contribution < 1.29 is 14.3 Å². The molecule has 5 heteroatoms. The summed E-state index contributed by atoms with van der Waals surface area (Å²) in [6.07, 6.45) is -0.155. The molecule has 0 aliphatic rings. The van der Waals surface area contributed by atoms with E-state index in [4.69, 9.17) is 16.7 Å². The first-order valence-corrected chi connectivity index (χ1v) is 6.68. The molecule has 0 amide bonds. The van der Waals surface area contributed by atoms with Crippen molar-refractivity contribution in [3.05, 3.63) is 58.9 Å². The van der Waals surface area contributed by atoms with Gasteiger partial charge in [0.25, 0.3) is 0 Å². The molecule has 0 bridgehead atoms. The van der Waals surface area contributed by atoms with Crippen LogP contribution in [-0.2, 0) is 11.2 Å². The van der Waals surface area contributed by atoms with E-state index in [1.807, 2.05) is 0 Å². The van der Waals surface area contributed by atoms with Crippen LogP contribution in [0.3, 0.4) is 0 Å². The SMILES string of the molecule is O=C(O)Cc1c(Cl)cccc1Sc1cccc(F)c1. The highest BCUT2D eigenvalue weighted by atomic mass is 35.5. The molecule has 0 saturated carbocycles. The number of carboxylic acids is 1. The summed E-state index contributed by atoms with van der Waals surface area (Å²) in [4.78, 5) is 12.3. The summed E-state index contributed by atoms with van der Waals surface area (Å²) < 4.78 is 13.1. The Morgan fingerprint density at radius 2 is 2.00 bits per heavy atom. The van der Waals surface area contributed by atoms with Crippen molar-refractivity contribution in [2.24, 2.45) is 0 Å². The molecule has 1 N–H and O–H groups in total. The van der Waals surface area contributed by atoms with Gasteiger partial charge in [0.1, 0.15) is 5.82 Å². The van der Waals surface area contributed by atoms with E-state index in [9.17, 15) is 9.18 Å².